The van der Waals surface area contributed by atoms with Gasteiger partial charge in [-0.25, -0.2) is 4.79 Å². The van der Waals surface area contributed by atoms with Gasteiger partial charge < -0.3 is 25.0 Å². The molecule has 2 N–H and O–H groups in total. The molecule has 2 aromatic carbocycles. The van der Waals surface area contributed by atoms with E-state index in [-0.39, 0.29) is 24.8 Å². The first-order valence-electron chi connectivity index (χ1n) is 10.1. The van der Waals surface area contributed by atoms with Crippen LogP contribution in [0.4, 0.5) is 17.1 Å². The Morgan fingerprint density at radius 1 is 0.970 bits per heavy atom. The summed E-state index contributed by atoms with van der Waals surface area (Å²) in [5, 5.41) is 5.20. The molecule has 1 aliphatic rings. The van der Waals surface area contributed by atoms with E-state index in [9.17, 15) is 24.0 Å². The third-order valence-corrected chi connectivity index (χ3v) is 4.89. The Bertz CT molecular complexity index is 1060. The smallest absolute Gasteiger partial charge is 0.337 e. The van der Waals surface area contributed by atoms with Crippen LogP contribution in [0.2, 0.25) is 0 Å². The number of hydrogen-bond acceptors (Lipinski definition) is 7. The fourth-order valence-corrected chi connectivity index (χ4v) is 3.30. The molecule has 1 aliphatic heterocycles. The highest BCUT2D eigenvalue weighted by Gasteiger charge is 2.36. The molecule has 172 valence electrons. The van der Waals surface area contributed by atoms with Gasteiger partial charge in [0.25, 0.3) is 5.91 Å². The zero-order chi connectivity index (χ0) is 24.0. The number of rotatable bonds is 7. The molecule has 0 unspecified atom stereocenters. The van der Waals surface area contributed by atoms with Crippen molar-refractivity contribution in [2.45, 2.75) is 13.3 Å². The van der Waals surface area contributed by atoms with Crippen LogP contribution < -0.4 is 15.5 Å². The third kappa shape index (κ3) is 6.16. The van der Waals surface area contributed by atoms with Crippen LogP contribution >= 0.6 is 0 Å². The number of benzene rings is 2. The van der Waals surface area contributed by atoms with Crippen molar-refractivity contribution in [1.29, 1.82) is 0 Å². The molecule has 0 bridgehead atoms. The summed E-state index contributed by atoms with van der Waals surface area (Å²) >= 11 is 0. The van der Waals surface area contributed by atoms with Crippen molar-refractivity contribution in [3.05, 3.63) is 54.1 Å². The molecule has 10 heteroatoms. The van der Waals surface area contributed by atoms with Crippen LogP contribution in [0, 0.1) is 5.92 Å². The quantitative estimate of drug-likeness (QED) is 0.613. The van der Waals surface area contributed by atoms with Gasteiger partial charge in [0.2, 0.25) is 11.8 Å². The molecular formula is C23H23N3O7. The van der Waals surface area contributed by atoms with Gasteiger partial charge in [0.1, 0.15) is 0 Å². The van der Waals surface area contributed by atoms with E-state index in [1.54, 1.807) is 36.4 Å². The number of anilines is 3. The molecule has 33 heavy (non-hydrogen) atoms. The predicted octanol–water partition coefficient (Wildman–Crippen LogP) is 1.97. The molecule has 10 nitrogen and oxygen atoms in total. The van der Waals surface area contributed by atoms with Gasteiger partial charge in [-0.3, -0.25) is 19.2 Å². The van der Waals surface area contributed by atoms with E-state index in [1.807, 2.05) is 0 Å². The fourth-order valence-electron chi connectivity index (χ4n) is 3.30. The highest BCUT2D eigenvalue weighted by Crippen LogP contribution is 2.26. The molecular weight excluding hydrogens is 430 g/mol. The molecule has 0 spiro atoms. The standard InChI is InChI=1S/C23H23N3O7/c1-14(27)24-17-5-7-18(8-6-17)25-20(28)13-33-23(31)16-11-21(29)26(12-16)19-9-3-15(4-10-19)22(30)32-2/h3-10,16H,11-13H2,1-2H3,(H,24,27)(H,25,28)/t16-/m1/s1. The average Bonchev–Trinajstić information content (AvgIpc) is 3.19. The minimum absolute atomic E-state index is 0.0379. The Balaban J connectivity index is 1.49. The maximum Gasteiger partial charge on any atom is 0.337 e. The maximum absolute atomic E-state index is 12.4. The Morgan fingerprint density at radius 3 is 2.15 bits per heavy atom. The molecule has 3 amide bonds. The summed E-state index contributed by atoms with van der Waals surface area (Å²) in [4.78, 5) is 60.8. The van der Waals surface area contributed by atoms with E-state index in [2.05, 4.69) is 15.4 Å². The Morgan fingerprint density at radius 2 is 1.58 bits per heavy atom. The fraction of sp³-hybridized carbons (Fsp3) is 0.261. The van der Waals surface area contributed by atoms with E-state index in [0.29, 0.717) is 22.6 Å². The molecule has 1 atom stereocenters. The van der Waals surface area contributed by atoms with Crippen molar-refractivity contribution >= 4 is 46.7 Å². The van der Waals surface area contributed by atoms with Gasteiger partial charge in [-0.1, -0.05) is 0 Å². The van der Waals surface area contributed by atoms with Crippen LogP contribution in [0.3, 0.4) is 0 Å². The molecule has 0 aromatic heterocycles. The van der Waals surface area contributed by atoms with Crippen LogP contribution in [0.1, 0.15) is 23.7 Å². The summed E-state index contributed by atoms with van der Waals surface area (Å²) < 4.78 is 9.73. The van der Waals surface area contributed by atoms with E-state index in [1.165, 1.54) is 31.1 Å². The lowest BCUT2D eigenvalue weighted by Crippen LogP contribution is -2.28. The first-order valence-corrected chi connectivity index (χ1v) is 10.1. The number of nitrogens with one attached hydrogen (secondary N) is 2. The second-order valence-corrected chi connectivity index (χ2v) is 7.36. The normalized spacial score (nSPS) is 15.0. The summed E-state index contributed by atoms with van der Waals surface area (Å²) in [5.41, 5.74) is 1.95. The van der Waals surface area contributed by atoms with Crippen molar-refractivity contribution in [1.82, 2.24) is 0 Å². The van der Waals surface area contributed by atoms with Gasteiger partial charge >= 0.3 is 11.9 Å². The largest absolute Gasteiger partial charge is 0.465 e. The molecule has 2 aromatic rings. The van der Waals surface area contributed by atoms with Crippen molar-refractivity contribution in [2.24, 2.45) is 5.92 Å². The molecule has 0 aliphatic carbocycles. The molecule has 0 radical (unpaired) electrons. The monoisotopic (exact) mass is 453 g/mol. The summed E-state index contributed by atoms with van der Waals surface area (Å²) in [6, 6.07) is 12.7. The zero-order valence-corrected chi connectivity index (χ0v) is 18.1. The van der Waals surface area contributed by atoms with Crippen LogP contribution in [0.15, 0.2) is 48.5 Å². The highest BCUT2D eigenvalue weighted by molar-refractivity contribution is 6.00. The van der Waals surface area contributed by atoms with Crippen LogP contribution in [0.5, 0.6) is 0 Å². The summed E-state index contributed by atoms with van der Waals surface area (Å²) in [6.07, 6.45) is -0.0379. The summed E-state index contributed by atoms with van der Waals surface area (Å²) in [5.74, 6) is -2.84. The summed E-state index contributed by atoms with van der Waals surface area (Å²) in [6.45, 7) is 1.01. The Kier molecular flexibility index (Phi) is 7.39. The minimum atomic E-state index is -0.706. The predicted molar refractivity (Wildman–Crippen MR) is 119 cm³/mol. The number of ether oxygens (including phenoxy) is 2. The number of amides is 3. The topological polar surface area (TPSA) is 131 Å². The maximum atomic E-state index is 12.4. The third-order valence-electron chi connectivity index (χ3n) is 4.89. The first-order chi connectivity index (χ1) is 15.8. The minimum Gasteiger partial charge on any atom is -0.465 e. The number of nitrogens with zero attached hydrogens (tertiary/aromatic N) is 1. The summed E-state index contributed by atoms with van der Waals surface area (Å²) in [7, 11) is 1.28. The number of carbonyl (C=O) groups is 5. The molecule has 1 heterocycles. The van der Waals surface area contributed by atoms with Crippen molar-refractivity contribution in [2.75, 3.05) is 35.8 Å². The molecule has 3 rings (SSSR count). The Hall–Kier alpha value is -4.21. The SMILES string of the molecule is COC(=O)c1ccc(N2C[C@H](C(=O)OCC(=O)Nc3ccc(NC(C)=O)cc3)CC2=O)cc1. The van der Waals surface area contributed by atoms with Gasteiger partial charge in [0.05, 0.1) is 18.6 Å². The zero-order valence-electron chi connectivity index (χ0n) is 18.1. The van der Waals surface area contributed by atoms with Gasteiger partial charge in [-0.05, 0) is 48.5 Å². The van der Waals surface area contributed by atoms with Crippen molar-refractivity contribution in [3.63, 3.8) is 0 Å². The average molecular weight is 453 g/mol. The van der Waals surface area contributed by atoms with Crippen LogP contribution in [-0.2, 0) is 28.7 Å². The first kappa shape index (κ1) is 23.5. The lowest BCUT2D eigenvalue weighted by atomic mass is 10.1. The second-order valence-electron chi connectivity index (χ2n) is 7.36. The van der Waals surface area contributed by atoms with Crippen molar-refractivity contribution < 1.29 is 33.4 Å². The number of esters is 2. The molecule has 0 saturated carbocycles. The van der Waals surface area contributed by atoms with E-state index in [4.69, 9.17) is 4.74 Å². The van der Waals surface area contributed by atoms with Gasteiger partial charge in [-0.15, -0.1) is 0 Å². The number of hydrogen-bond donors (Lipinski definition) is 2. The van der Waals surface area contributed by atoms with E-state index in [0.717, 1.165) is 0 Å². The van der Waals surface area contributed by atoms with Gasteiger partial charge in [0.15, 0.2) is 6.61 Å². The highest BCUT2D eigenvalue weighted by atomic mass is 16.5. The van der Waals surface area contributed by atoms with E-state index < -0.39 is 30.4 Å². The lowest BCUT2D eigenvalue weighted by Gasteiger charge is -2.16. The lowest BCUT2D eigenvalue weighted by molar-refractivity contribution is -0.151. The second kappa shape index (κ2) is 10.4. The van der Waals surface area contributed by atoms with E-state index >= 15 is 0 Å². The van der Waals surface area contributed by atoms with Gasteiger partial charge in [-0.2, -0.15) is 0 Å². The molecule has 1 saturated heterocycles. The Labute approximate surface area is 189 Å². The number of methoxy groups -OCH3 is 1. The van der Waals surface area contributed by atoms with Crippen LogP contribution in [-0.4, -0.2) is 49.9 Å². The molecule has 1 fully saturated rings. The van der Waals surface area contributed by atoms with Crippen LogP contribution in [0.25, 0.3) is 0 Å². The number of carbonyl (C=O) groups excluding carboxylic acids is 5. The van der Waals surface area contributed by atoms with Gasteiger partial charge in [0, 0.05) is 37.0 Å². The van der Waals surface area contributed by atoms with Crippen molar-refractivity contribution in [3.8, 4) is 0 Å².